The fourth-order valence-electron chi connectivity index (χ4n) is 2.31. The summed E-state index contributed by atoms with van der Waals surface area (Å²) in [5, 5.41) is 3.39. The molecule has 3 nitrogen and oxygen atoms in total. The van der Waals surface area contributed by atoms with Crippen LogP contribution in [0.1, 0.15) is 16.7 Å². The fraction of sp³-hybridized carbons (Fsp3) is 0.250. The zero-order valence-corrected chi connectivity index (χ0v) is 11.9. The lowest BCUT2D eigenvalue weighted by atomic mass is 10.1. The number of anilines is 3. The Kier molecular flexibility index (Phi) is 3.65. The molecule has 0 aliphatic carbocycles. The number of hydrogen-bond donors (Lipinski definition) is 2. The van der Waals surface area contributed by atoms with E-state index >= 15 is 0 Å². The largest absolute Gasteiger partial charge is 0.494 e. The molecular formula is C16H20N2O. The first-order valence-electron chi connectivity index (χ1n) is 6.30. The van der Waals surface area contributed by atoms with E-state index in [1.807, 2.05) is 32.0 Å². The van der Waals surface area contributed by atoms with E-state index in [-0.39, 0.29) is 0 Å². The van der Waals surface area contributed by atoms with Crippen molar-refractivity contribution in [3.8, 4) is 5.75 Å². The van der Waals surface area contributed by atoms with E-state index in [9.17, 15) is 0 Å². The Morgan fingerprint density at radius 3 is 2.42 bits per heavy atom. The minimum atomic E-state index is 0.737. The predicted molar refractivity (Wildman–Crippen MR) is 81.3 cm³/mol. The molecule has 3 heteroatoms. The molecule has 0 aliphatic rings. The Morgan fingerprint density at radius 2 is 1.79 bits per heavy atom. The first-order valence-corrected chi connectivity index (χ1v) is 6.30. The number of nitrogen functional groups attached to an aromatic ring is 1. The van der Waals surface area contributed by atoms with Gasteiger partial charge in [-0.05, 0) is 49.6 Å². The Bertz CT molecular complexity index is 586. The standard InChI is InChI=1S/C16H20N2O/c1-10-8-12(3)16(19-4)14(9-10)18-15-11(2)6-5-7-13(15)17/h5-9,18H,17H2,1-4H3. The van der Waals surface area contributed by atoms with E-state index in [0.717, 1.165) is 33.9 Å². The average Bonchev–Trinajstić information content (AvgIpc) is 2.33. The van der Waals surface area contributed by atoms with Crippen molar-refractivity contribution < 1.29 is 4.74 Å². The second kappa shape index (κ2) is 5.22. The third-order valence-corrected chi connectivity index (χ3v) is 3.19. The van der Waals surface area contributed by atoms with Crippen LogP contribution >= 0.6 is 0 Å². The molecule has 2 aromatic carbocycles. The van der Waals surface area contributed by atoms with Gasteiger partial charge in [-0.15, -0.1) is 0 Å². The zero-order valence-electron chi connectivity index (χ0n) is 11.9. The highest BCUT2D eigenvalue weighted by molar-refractivity contribution is 5.78. The second-order valence-corrected chi connectivity index (χ2v) is 4.83. The summed E-state index contributed by atoms with van der Waals surface area (Å²) in [6, 6.07) is 10.1. The van der Waals surface area contributed by atoms with Gasteiger partial charge in [-0.1, -0.05) is 18.2 Å². The third-order valence-electron chi connectivity index (χ3n) is 3.19. The van der Waals surface area contributed by atoms with Crippen molar-refractivity contribution in [2.75, 3.05) is 18.2 Å². The third kappa shape index (κ3) is 2.65. The number of hydrogen-bond acceptors (Lipinski definition) is 3. The summed E-state index contributed by atoms with van der Waals surface area (Å²) in [7, 11) is 1.68. The van der Waals surface area contributed by atoms with Crippen LogP contribution in [0.25, 0.3) is 0 Å². The van der Waals surface area contributed by atoms with Gasteiger partial charge in [0.25, 0.3) is 0 Å². The first-order chi connectivity index (χ1) is 9.02. The first kappa shape index (κ1) is 13.3. The van der Waals surface area contributed by atoms with E-state index < -0.39 is 0 Å². The van der Waals surface area contributed by atoms with E-state index in [1.165, 1.54) is 5.56 Å². The van der Waals surface area contributed by atoms with Crippen LogP contribution < -0.4 is 15.8 Å². The summed E-state index contributed by atoms with van der Waals surface area (Å²) >= 11 is 0. The molecule has 0 spiro atoms. The molecule has 0 amide bonds. The number of para-hydroxylation sites is 1. The molecule has 0 fully saturated rings. The van der Waals surface area contributed by atoms with Crippen molar-refractivity contribution in [2.24, 2.45) is 0 Å². The average molecular weight is 256 g/mol. The molecule has 2 aromatic rings. The van der Waals surface area contributed by atoms with Crippen LogP contribution in [-0.4, -0.2) is 7.11 Å². The highest BCUT2D eigenvalue weighted by Gasteiger charge is 2.10. The molecule has 0 bridgehead atoms. The van der Waals surface area contributed by atoms with Crippen LogP contribution in [0.3, 0.4) is 0 Å². The summed E-state index contributed by atoms with van der Waals surface area (Å²) < 4.78 is 5.48. The molecule has 0 unspecified atom stereocenters. The highest BCUT2D eigenvalue weighted by Crippen LogP contribution is 2.35. The lowest BCUT2D eigenvalue weighted by Gasteiger charge is -2.17. The lowest BCUT2D eigenvalue weighted by molar-refractivity contribution is 0.413. The van der Waals surface area contributed by atoms with Crippen molar-refractivity contribution in [2.45, 2.75) is 20.8 Å². The number of nitrogens with one attached hydrogen (secondary N) is 1. The number of benzene rings is 2. The van der Waals surface area contributed by atoms with Gasteiger partial charge in [0.2, 0.25) is 0 Å². The quantitative estimate of drug-likeness (QED) is 0.817. The summed E-state index contributed by atoms with van der Waals surface area (Å²) in [5.74, 6) is 0.855. The number of nitrogens with two attached hydrogens (primary N) is 1. The van der Waals surface area contributed by atoms with Gasteiger partial charge in [0.15, 0.2) is 0 Å². The van der Waals surface area contributed by atoms with Crippen LogP contribution in [0, 0.1) is 20.8 Å². The van der Waals surface area contributed by atoms with Gasteiger partial charge in [0.1, 0.15) is 5.75 Å². The minimum Gasteiger partial charge on any atom is -0.494 e. The van der Waals surface area contributed by atoms with Crippen molar-refractivity contribution in [3.05, 3.63) is 47.0 Å². The Labute approximate surface area is 114 Å². The Morgan fingerprint density at radius 1 is 1.05 bits per heavy atom. The summed E-state index contributed by atoms with van der Waals surface area (Å²) in [6.07, 6.45) is 0. The fourth-order valence-corrected chi connectivity index (χ4v) is 2.31. The van der Waals surface area contributed by atoms with Gasteiger partial charge >= 0.3 is 0 Å². The summed E-state index contributed by atoms with van der Waals surface area (Å²) in [4.78, 5) is 0. The van der Waals surface area contributed by atoms with Crippen LogP contribution in [0.2, 0.25) is 0 Å². The normalized spacial score (nSPS) is 10.3. The minimum absolute atomic E-state index is 0.737. The Balaban J connectivity index is 2.49. The van der Waals surface area contributed by atoms with Gasteiger partial charge in [-0.3, -0.25) is 0 Å². The number of aryl methyl sites for hydroxylation is 3. The van der Waals surface area contributed by atoms with Crippen molar-refractivity contribution in [1.82, 2.24) is 0 Å². The monoisotopic (exact) mass is 256 g/mol. The maximum Gasteiger partial charge on any atom is 0.145 e. The van der Waals surface area contributed by atoms with Crippen LogP contribution in [0.5, 0.6) is 5.75 Å². The molecule has 100 valence electrons. The molecule has 3 N–H and O–H groups in total. The number of rotatable bonds is 3. The van der Waals surface area contributed by atoms with Crippen molar-refractivity contribution in [1.29, 1.82) is 0 Å². The molecule has 0 saturated carbocycles. The topological polar surface area (TPSA) is 47.3 Å². The molecule has 19 heavy (non-hydrogen) atoms. The zero-order chi connectivity index (χ0) is 14.0. The van der Waals surface area contributed by atoms with Gasteiger partial charge in [-0.2, -0.15) is 0 Å². The SMILES string of the molecule is COc1c(C)cc(C)cc1Nc1c(C)cccc1N. The molecule has 0 saturated heterocycles. The molecule has 0 atom stereocenters. The Hall–Kier alpha value is -2.16. The van der Waals surface area contributed by atoms with Gasteiger partial charge in [0, 0.05) is 0 Å². The maximum atomic E-state index is 6.03. The van der Waals surface area contributed by atoms with E-state index in [4.69, 9.17) is 10.5 Å². The number of ether oxygens (including phenoxy) is 1. The molecule has 0 aliphatic heterocycles. The lowest BCUT2D eigenvalue weighted by Crippen LogP contribution is -2.01. The predicted octanol–water partition coefficient (Wildman–Crippen LogP) is 3.95. The van der Waals surface area contributed by atoms with Gasteiger partial charge in [-0.25, -0.2) is 0 Å². The molecule has 0 aromatic heterocycles. The van der Waals surface area contributed by atoms with Gasteiger partial charge < -0.3 is 15.8 Å². The molecule has 2 rings (SSSR count). The smallest absolute Gasteiger partial charge is 0.145 e. The number of methoxy groups -OCH3 is 1. The van der Waals surface area contributed by atoms with Crippen molar-refractivity contribution >= 4 is 17.1 Å². The van der Waals surface area contributed by atoms with Crippen molar-refractivity contribution in [3.63, 3.8) is 0 Å². The summed E-state index contributed by atoms with van der Waals surface area (Å²) in [5.41, 5.74) is 12.1. The summed E-state index contributed by atoms with van der Waals surface area (Å²) in [6.45, 7) is 6.14. The van der Waals surface area contributed by atoms with E-state index in [0.29, 0.717) is 0 Å². The molecule has 0 heterocycles. The molecular weight excluding hydrogens is 236 g/mol. The van der Waals surface area contributed by atoms with Crippen LogP contribution in [0.15, 0.2) is 30.3 Å². The van der Waals surface area contributed by atoms with Crippen LogP contribution in [0.4, 0.5) is 17.1 Å². The van der Waals surface area contributed by atoms with Gasteiger partial charge in [0.05, 0.1) is 24.2 Å². The second-order valence-electron chi connectivity index (χ2n) is 4.83. The maximum absolute atomic E-state index is 6.03. The van der Waals surface area contributed by atoms with E-state index in [2.05, 4.69) is 24.4 Å². The van der Waals surface area contributed by atoms with Crippen LogP contribution in [-0.2, 0) is 0 Å². The molecule has 0 radical (unpaired) electrons. The van der Waals surface area contributed by atoms with E-state index in [1.54, 1.807) is 7.11 Å². The highest BCUT2D eigenvalue weighted by atomic mass is 16.5.